The van der Waals surface area contributed by atoms with Gasteiger partial charge in [0, 0.05) is 11.4 Å². The van der Waals surface area contributed by atoms with Gasteiger partial charge < -0.3 is 20.1 Å². The van der Waals surface area contributed by atoms with Crippen molar-refractivity contribution in [2.45, 2.75) is 17.9 Å². The van der Waals surface area contributed by atoms with Crippen LogP contribution in [0, 0.1) is 0 Å². The average molecular weight is 327 g/mol. The van der Waals surface area contributed by atoms with Crippen LogP contribution >= 0.6 is 24.2 Å². The van der Waals surface area contributed by atoms with Gasteiger partial charge in [-0.3, -0.25) is 4.72 Å². The Morgan fingerprint density at radius 1 is 1.52 bits per heavy atom. The Labute approximate surface area is 133 Å². The van der Waals surface area contributed by atoms with Gasteiger partial charge >= 0.3 is 6.03 Å². The van der Waals surface area contributed by atoms with Gasteiger partial charge in [0.15, 0.2) is 6.10 Å². The monoisotopic (exact) mass is 327 g/mol. The third-order valence-electron chi connectivity index (χ3n) is 2.61. The van der Waals surface area contributed by atoms with E-state index in [-0.39, 0.29) is 12.1 Å². The number of ether oxygens (including phenoxy) is 2. The maximum Gasteiger partial charge on any atom is 0.325 e. The largest absolute Gasteiger partial charge is 0.490 e. The molecule has 1 aromatic carbocycles. The van der Waals surface area contributed by atoms with Crippen molar-refractivity contribution in [1.82, 2.24) is 15.4 Å². The van der Waals surface area contributed by atoms with Crippen molar-refractivity contribution in [2.24, 2.45) is 0 Å². The molecule has 1 saturated heterocycles. The molecule has 2 rings (SSSR count). The molecular weight excluding hydrogens is 310 g/mol. The van der Waals surface area contributed by atoms with Crippen molar-refractivity contribution in [3.63, 3.8) is 0 Å². The Morgan fingerprint density at radius 3 is 2.90 bits per heavy atom. The summed E-state index contributed by atoms with van der Waals surface area (Å²) in [6, 6.07) is 7.25. The number of hydrogen-bond donors (Lipinski definition) is 3. The molecule has 0 aliphatic carbocycles. The molecule has 6 nitrogen and oxygen atoms in total. The van der Waals surface area contributed by atoms with Crippen LogP contribution in [0.15, 0.2) is 29.2 Å². The Kier molecular flexibility index (Phi) is 5.94. The summed E-state index contributed by atoms with van der Waals surface area (Å²) >= 11 is 6.13. The van der Waals surface area contributed by atoms with Crippen LogP contribution in [0.25, 0.3) is 0 Å². The Morgan fingerprint density at radius 2 is 2.29 bits per heavy atom. The Bertz CT molecular complexity index is 496. The zero-order valence-electron chi connectivity index (χ0n) is 11.5. The van der Waals surface area contributed by atoms with Crippen LogP contribution in [-0.2, 0) is 4.74 Å². The first-order valence-corrected chi connectivity index (χ1v) is 7.78. The van der Waals surface area contributed by atoms with E-state index in [1.54, 1.807) is 0 Å². The summed E-state index contributed by atoms with van der Waals surface area (Å²) in [4.78, 5) is 12.2. The van der Waals surface area contributed by atoms with Crippen molar-refractivity contribution in [3.05, 3.63) is 24.3 Å². The van der Waals surface area contributed by atoms with E-state index >= 15 is 0 Å². The van der Waals surface area contributed by atoms with Gasteiger partial charge in [-0.2, -0.15) is 0 Å². The minimum Gasteiger partial charge on any atom is -0.490 e. The molecular formula is C13H17N3O3S2. The molecule has 1 fully saturated rings. The first kappa shape index (κ1) is 15.7. The highest BCUT2D eigenvalue weighted by Gasteiger charge is 2.20. The number of benzene rings is 1. The van der Waals surface area contributed by atoms with Gasteiger partial charge in [0.25, 0.3) is 5.17 Å². The molecule has 1 unspecified atom stereocenters. The van der Waals surface area contributed by atoms with E-state index < -0.39 is 0 Å². The maximum atomic E-state index is 11.3. The fourth-order valence-electron chi connectivity index (χ4n) is 1.62. The minimum atomic E-state index is -0.204. The van der Waals surface area contributed by atoms with Gasteiger partial charge in [0.05, 0.1) is 6.54 Å². The average Bonchev–Trinajstić information content (AvgIpc) is 2.90. The second kappa shape index (κ2) is 7.94. The molecule has 1 heterocycles. The maximum absolute atomic E-state index is 11.3. The SMILES string of the molecule is CCNC(=O)NSc1ccc(OCC2CNC(=S)O2)cc1. The summed E-state index contributed by atoms with van der Waals surface area (Å²) in [5.74, 6) is 0.749. The van der Waals surface area contributed by atoms with Crippen LogP contribution in [0.5, 0.6) is 5.75 Å². The summed E-state index contributed by atoms with van der Waals surface area (Å²) in [6.07, 6.45) is -0.0500. The van der Waals surface area contributed by atoms with Gasteiger partial charge in [-0.25, -0.2) is 4.79 Å². The third-order valence-corrected chi connectivity index (χ3v) is 3.64. The number of carbonyl (C=O) groups excluding carboxylic acids is 1. The number of amides is 2. The number of nitrogens with one attached hydrogen (secondary N) is 3. The van der Waals surface area contributed by atoms with Gasteiger partial charge in [-0.05, 0) is 55.4 Å². The third kappa shape index (κ3) is 5.31. The van der Waals surface area contributed by atoms with E-state index in [0.29, 0.717) is 24.9 Å². The molecule has 21 heavy (non-hydrogen) atoms. The van der Waals surface area contributed by atoms with Crippen molar-refractivity contribution in [2.75, 3.05) is 19.7 Å². The van der Waals surface area contributed by atoms with Crippen molar-refractivity contribution < 1.29 is 14.3 Å². The van der Waals surface area contributed by atoms with E-state index in [2.05, 4.69) is 15.4 Å². The molecule has 1 aliphatic rings. The highest BCUT2D eigenvalue weighted by Crippen LogP contribution is 2.19. The van der Waals surface area contributed by atoms with Gasteiger partial charge in [0.1, 0.15) is 12.4 Å². The number of carbonyl (C=O) groups is 1. The molecule has 0 radical (unpaired) electrons. The molecule has 1 atom stereocenters. The molecule has 0 aromatic heterocycles. The molecule has 8 heteroatoms. The van der Waals surface area contributed by atoms with Crippen LogP contribution in [-0.4, -0.2) is 37.0 Å². The fourth-order valence-corrected chi connectivity index (χ4v) is 2.39. The number of hydrogen-bond acceptors (Lipinski definition) is 5. The number of urea groups is 1. The quantitative estimate of drug-likeness (QED) is 0.545. The molecule has 1 aliphatic heterocycles. The fraction of sp³-hybridized carbons (Fsp3) is 0.385. The van der Waals surface area contributed by atoms with Crippen LogP contribution in [0.4, 0.5) is 4.79 Å². The van der Waals surface area contributed by atoms with E-state index in [1.807, 2.05) is 31.2 Å². The van der Waals surface area contributed by atoms with Crippen molar-refractivity contribution in [3.8, 4) is 5.75 Å². The lowest BCUT2D eigenvalue weighted by Crippen LogP contribution is -2.30. The number of rotatable bonds is 6. The molecule has 3 N–H and O–H groups in total. The van der Waals surface area contributed by atoms with Gasteiger partial charge in [-0.1, -0.05) is 0 Å². The zero-order valence-corrected chi connectivity index (χ0v) is 13.2. The van der Waals surface area contributed by atoms with Crippen LogP contribution in [0.1, 0.15) is 6.92 Å². The second-order valence-corrected chi connectivity index (χ2v) is 5.50. The molecule has 114 valence electrons. The van der Waals surface area contributed by atoms with Gasteiger partial charge in [-0.15, -0.1) is 0 Å². The van der Waals surface area contributed by atoms with E-state index in [9.17, 15) is 4.79 Å². The van der Waals surface area contributed by atoms with Crippen LogP contribution in [0.2, 0.25) is 0 Å². The van der Waals surface area contributed by atoms with Gasteiger partial charge in [0.2, 0.25) is 0 Å². The van der Waals surface area contributed by atoms with E-state index in [1.165, 1.54) is 11.9 Å². The lowest BCUT2D eigenvalue weighted by atomic mass is 10.3. The summed E-state index contributed by atoms with van der Waals surface area (Å²) in [5.41, 5.74) is 0. The molecule has 0 bridgehead atoms. The summed E-state index contributed by atoms with van der Waals surface area (Å²) in [5, 5.41) is 6.01. The Balaban J connectivity index is 1.73. The minimum absolute atomic E-state index is 0.0500. The van der Waals surface area contributed by atoms with E-state index in [0.717, 1.165) is 10.6 Å². The molecule has 1 aromatic rings. The summed E-state index contributed by atoms with van der Waals surface area (Å²) in [6.45, 7) is 3.58. The first-order valence-electron chi connectivity index (χ1n) is 6.55. The van der Waals surface area contributed by atoms with E-state index in [4.69, 9.17) is 21.7 Å². The second-order valence-electron chi connectivity index (χ2n) is 4.25. The Hall–Kier alpha value is -1.67. The molecule has 0 saturated carbocycles. The standard InChI is InChI=1S/C13H17N3O3S2/c1-2-14-12(17)16-21-11-5-3-9(4-6-11)18-8-10-7-15-13(20)19-10/h3-6,10H,2,7-8H2,1H3,(H,15,20)(H2,14,16,17). The highest BCUT2D eigenvalue weighted by atomic mass is 32.2. The van der Waals surface area contributed by atoms with Crippen LogP contribution < -0.4 is 20.1 Å². The highest BCUT2D eigenvalue weighted by molar-refractivity contribution is 7.98. The summed E-state index contributed by atoms with van der Waals surface area (Å²) in [7, 11) is 0. The zero-order chi connectivity index (χ0) is 15.1. The summed E-state index contributed by atoms with van der Waals surface area (Å²) < 4.78 is 13.6. The van der Waals surface area contributed by atoms with Crippen molar-refractivity contribution >= 4 is 35.4 Å². The normalized spacial score (nSPS) is 16.8. The predicted octanol–water partition coefficient (Wildman–Crippen LogP) is 1.66. The van der Waals surface area contributed by atoms with Crippen LogP contribution in [0.3, 0.4) is 0 Å². The lowest BCUT2D eigenvalue weighted by Gasteiger charge is -2.11. The smallest absolute Gasteiger partial charge is 0.325 e. The first-order chi connectivity index (χ1) is 10.2. The predicted molar refractivity (Wildman–Crippen MR) is 85.5 cm³/mol. The molecule has 0 spiro atoms. The van der Waals surface area contributed by atoms with Crippen molar-refractivity contribution in [1.29, 1.82) is 0 Å². The molecule has 2 amide bonds. The number of thiocarbonyl (C=S) groups is 1. The lowest BCUT2D eigenvalue weighted by molar-refractivity contribution is 0.150. The topological polar surface area (TPSA) is 71.6 Å².